The number of amides is 2. The van der Waals surface area contributed by atoms with E-state index in [1.54, 1.807) is 17.9 Å². The molecule has 136 valence electrons. The lowest BCUT2D eigenvalue weighted by atomic mass is 10.1. The molecular formula is C21H19N3O3. The fourth-order valence-corrected chi connectivity index (χ4v) is 3.30. The summed E-state index contributed by atoms with van der Waals surface area (Å²) in [6.45, 7) is 2.42. The Bertz CT molecular complexity index is 995. The van der Waals surface area contributed by atoms with Gasteiger partial charge in [0, 0.05) is 29.9 Å². The van der Waals surface area contributed by atoms with E-state index in [1.165, 1.54) is 0 Å². The summed E-state index contributed by atoms with van der Waals surface area (Å²) in [5.41, 5.74) is 3.15. The van der Waals surface area contributed by atoms with Gasteiger partial charge in [-0.3, -0.25) is 9.59 Å². The highest BCUT2D eigenvalue weighted by atomic mass is 16.5. The van der Waals surface area contributed by atoms with Gasteiger partial charge in [0.1, 0.15) is 17.0 Å². The second-order valence-corrected chi connectivity index (χ2v) is 6.48. The van der Waals surface area contributed by atoms with Crippen LogP contribution in [0.4, 0.5) is 11.4 Å². The molecule has 2 heterocycles. The van der Waals surface area contributed by atoms with Gasteiger partial charge in [0.15, 0.2) is 0 Å². The molecule has 1 saturated heterocycles. The Morgan fingerprint density at radius 2 is 1.96 bits per heavy atom. The number of benzene rings is 2. The van der Waals surface area contributed by atoms with E-state index in [4.69, 9.17) is 4.52 Å². The van der Waals surface area contributed by atoms with E-state index < -0.39 is 0 Å². The third-order valence-electron chi connectivity index (χ3n) is 4.63. The zero-order chi connectivity index (χ0) is 18.8. The Kier molecular flexibility index (Phi) is 4.46. The molecule has 2 amide bonds. The van der Waals surface area contributed by atoms with Gasteiger partial charge in [0.2, 0.25) is 5.91 Å². The number of hydrogen-bond acceptors (Lipinski definition) is 4. The Hall–Kier alpha value is -3.41. The molecule has 1 N–H and O–H groups in total. The number of aryl methyl sites for hydroxylation is 1. The highest BCUT2D eigenvalue weighted by Gasteiger charge is 2.24. The molecule has 1 aliphatic heterocycles. The molecule has 0 saturated carbocycles. The third-order valence-corrected chi connectivity index (χ3v) is 4.63. The maximum Gasteiger partial charge on any atom is 0.261 e. The summed E-state index contributed by atoms with van der Waals surface area (Å²) in [4.78, 5) is 26.6. The molecule has 4 rings (SSSR count). The fourth-order valence-electron chi connectivity index (χ4n) is 3.30. The lowest BCUT2D eigenvalue weighted by molar-refractivity contribution is -0.117. The average Bonchev–Trinajstić information content (AvgIpc) is 3.28. The first-order valence-electron chi connectivity index (χ1n) is 8.87. The summed E-state index contributed by atoms with van der Waals surface area (Å²) >= 11 is 0. The van der Waals surface area contributed by atoms with Gasteiger partial charge in [-0.1, -0.05) is 41.6 Å². The fraction of sp³-hybridized carbons (Fsp3) is 0.190. The standard InChI is InChI=1S/C21H19N3O3/c1-14-19(20(23-27-14)15-7-3-2-4-8-15)21(26)22-16-9-5-10-17(13-16)24-12-6-11-18(24)25/h2-5,7-10,13H,6,11-12H2,1H3,(H,22,26). The van der Waals surface area contributed by atoms with Crippen LogP contribution in [-0.2, 0) is 4.79 Å². The maximum absolute atomic E-state index is 12.9. The number of carbonyl (C=O) groups is 2. The van der Waals surface area contributed by atoms with Gasteiger partial charge in [-0.05, 0) is 31.5 Å². The number of anilines is 2. The minimum atomic E-state index is -0.294. The first-order valence-corrected chi connectivity index (χ1v) is 8.87. The van der Waals surface area contributed by atoms with Crippen molar-refractivity contribution in [3.8, 4) is 11.3 Å². The van der Waals surface area contributed by atoms with Gasteiger partial charge in [0.05, 0.1) is 0 Å². The highest BCUT2D eigenvalue weighted by Crippen LogP contribution is 2.28. The Morgan fingerprint density at radius 1 is 1.15 bits per heavy atom. The van der Waals surface area contributed by atoms with Gasteiger partial charge < -0.3 is 14.7 Å². The normalized spacial score (nSPS) is 13.8. The van der Waals surface area contributed by atoms with Crippen LogP contribution in [0.15, 0.2) is 59.1 Å². The van der Waals surface area contributed by atoms with Crippen LogP contribution in [0.25, 0.3) is 11.3 Å². The van der Waals surface area contributed by atoms with E-state index in [9.17, 15) is 9.59 Å². The van der Waals surface area contributed by atoms with Gasteiger partial charge >= 0.3 is 0 Å². The molecule has 0 spiro atoms. The van der Waals surface area contributed by atoms with Crippen LogP contribution in [-0.4, -0.2) is 23.5 Å². The molecular weight excluding hydrogens is 342 g/mol. The van der Waals surface area contributed by atoms with Crippen molar-refractivity contribution in [2.24, 2.45) is 0 Å². The largest absolute Gasteiger partial charge is 0.360 e. The molecule has 6 heteroatoms. The second-order valence-electron chi connectivity index (χ2n) is 6.48. The van der Waals surface area contributed by atoms with Crippen molar-refractivity contribution in [2.45, 2.75) is 19.8 Å². The van der Waals surface area contributed by atoms with E-state index in [2.05, 4.69) is 10.5 Å². The molecule has 0 aliphatic carbocycles. The van der Waals surface area contributed by atoms with Crippen molar-refractivity contribution in [3.63, 3.8) is 0 Å². The topological polar surface area (TPSA) is 75.4 Å². The Balaban J connectivity index is 1.61. The van der Waals surface area contributed by atoms with Gasteiger partial charge in [-0.15, -0.1) is 0 Å². The number of nitrogens with one attached hydrogen (secondary N) is 1. The van der Waals surface area contributed by atoms with Crippen molar-refractivity contribution in [3.05, 3.63) is 65.9 Å². The van der Waals surface area contributed by atoms with Crippen molar-refractivity contribution in [1.29, 1.82) is 0 Å². The van der Waals surface area contributed by atoms with Crippen LogP contribution < -0.4 is 10.2 Å². The summed E-state index contributed by atoms with van der Waals surface area (Å²) < 4.78 is 5.26. The molecule has 3 aromatic rings. The molecule has 0 unspecified atom stereocenters. The van der Waals surface area contributed by atoms with Crippen molar-refractivity contribution < 1.29 is 14.1 Å². The van der Waals surface area contributed by atoms with Crippen LogP contribution in [0.2, 0.25) is 0 Å². The van der Waals surface area contributed by atoms with Gasteiger partial charge in [-0.25, -0.2) is 0 Å². The monoisotopic (exact) mass is 361 g/mol. The first kappa shape index (κ1) is 17.0. The predicted molar refractivity (Wildman–Crippen MR) is 103 cm³/mol. The molecule has 27 heavy (non-hydrogen) atoms. The zero-order valence-electron chi connectivity index (χ0n) is 14.9. The molecule has 0 radical (unpaired) electrons. The van der Waals surface area contributed by atoms with E-state index in [-0.39, 0.29) is 11.8 Å². The molecule has 2 aromatic carbocycles. The highest BCUT2D eigenvalue weighted by molar-refractivity contribution is 6.09. The average molecular weight is 361 g/mol. The summed E-state index contributed by atoms with van der Waals surface area (Å²) in [5.74, 6) is 0.273. The van der Waals surface area contributed by atoms with Crippen molar-refractivity contribution in [1.82, 2.24) is 5.16 Å². The van der Waals surface area contributed by atoms with E-state index in [0.29, 0.717) is 35.7 Å². The molecule has 0 bridgehead atoms. The van der Waals surface area contributed by atoms with Crippen LogP contribution in [0, 0.1) is 6.92 Å². The van der Waals surface area contributed by atoms with Crippen molar-refractivity contribution >= 4 is 23.2 Å². The molecule has 1 fully saturated rings. The minimum absolute atomic E-state index is 0.111. The smallest absolute Gasteiger partial charge is 0.261 e. The third kappa shape index (κ3) is 3.33. The second kappa shape index (κ2) is 7.07. The van der Waals surface area contributed by atoms with E-state index in [0.717, 1.165) is 17.7 Å². The van der Waals surface area contributed by atoms with Gasteiger partial charge in [0.25, 0.3) is 5.91 Å². The van der Waals surface area contributed by atoms with E-state index in [1.807, 2.05) is 48.5 Å². The van der Waals surface area contributed by atoms with Crippen LogP contribution >= 0.6 is 0 Å². The molecule has 0 atom stereocenters. The van der Waals surface area contributed by atoms with Gasteiger partial charge in [-0.2, -0.15) is 0 Å². The summed E-state index contributed by atoms with van der Waals surface area (Å²) in [7, 11) is 0. The first-order chi connectivity index (χ1) is 13.1. The maximum atomic E-state index is 12.9. The summed E-state index contributed by atoms with van der Waals surface area (Å²) in [6.07, 6.45) is 1.42. The minimum Gasteiger partial charge on any atom is -0.360 e. The summed E-state index contributed by atoms with van der Waals surface area (Å²) in [5, 5.41) is 6.95. The van der Waals surface area contributed by atoms with Crippen molar-refractivity contribution in [2.75, 3.05) is 16.8 Å². The number of nitrogens with zero attached hydrogens (tertiary/aromatic N) is 2. The Morgan fingerprint density at radius 3 is 2.70 bits per heavy atom. The number of carbonyl (C=O) groups excluding carboxylic acids is 2. The molecule has 6 nitrogen and oxygen atoms in total. The lowest BCUT2D eigenvalue weighted by Crippen LogP contribution is -2.23. The van der Waals surface area contributed by atoms with E-state index >= 15 is 0 Å². The summed E-state index contributed by atoms with van der Waals surface area (Å²) in [6, 6.07) is 16.8. The lowest BCUT2D eigenvalue weighted by Gasteiger charge is -2.16. The predicted octanol–water partition coefficient (Wildman–Crippen LogP) is 4.03. The van der Waals surface area contributed by atoms with Crippen LogP contribution in [0.3, 0.4) is 0 Å². The number of rotatable bonds is 4. The number of aromatic nitrogens is 1. The van der Waals surface area contributed by atoms with Crippen LogP contribution in [0.1, 0.15) is 29.0 Å². The SMILES string of the molecule is Cc1onc(-c2ccccc2)c1C(=O)Nc1cccc(N2CCCC2=O)c1. The Labute approximate surface area is 156 Å². The molecule has 1 aliphatic rings. The van der Waals surface area contributed by atoms with Crippen LogP contribution in [0.5, 0.6) is 0 Å². The quantitative estimate of drug-likeness (QED) is 0.761. The molecule has 1 aromatic heterocycles. The number of hydrogen-bond donors (Lipinski definition) is 1. The zero-order valence-corrected chi connectivity index (χ0v) is 14.9.